The lowest BCUT2D eigenvalue weighted by Gasteiger charge is -2.13. The van der Waals surface area contributed by atoms with Gasteiger partial charge in [0, 0.05) is 16.5 Å². The Hall–Kier alpha value is -1.33. The third-order valence-corrected chi connectivity index (χ3v) is 3.23. The van der Waals surface area contributed by atoms with Crippen LogP contribution in [0, 0.1) is 17.5 Å². The zero-order valence-corrected chi connectivity index (χ0v) is 11.3. The van der Waals surface area contributed by atoms with Crippen molar-refractivity contribution in [2.45, 2.75) is 12.5 Å². The number of halogens is 4. The van der Waals surface area contributed by atoms with E-state index in [-0.39, 0.29) is 17.5 Å². The summed E-state index contributed by atoms with van der Waals surface area (Å²) in [6, 6.07) is 7.07. The maximum Gasteiger partial charge on any atom is 0.129 e. The van der Waals surface area contributed by atoms with Crippen LogP contribution in [0.15, 0.2) is 40.9 Å². The summed E-state index contributed by atoms with van der Waals surface area (Å²) in [5.74, 6) is -1.82. The van der Waals surface area contributed by atoms with Crippen LogP contribution in [0.2, 0.25) is 0 Å². The highest BCUT2D eigenvalue weighted by molar-refractivity contribution is 9.10. The zero-order valence-electron chi connectivity index (χ0n) is 9.71. The first-order valence-corrected chi connectivity index (χ1v) is 6.33. The number of rotatable bonds is 3. The van der Waals surface area contributed by atoms with Crippen molar-refractivity contribution in [3.05, 3.63) is 69.4 Å². The van der Waals surface area contributed by atoms with E-state index in [0.717, 1.165) is 18.2 Å². The van der Waals surface area contributed by atoms with Crippen LogP contribution in [0.4, 0.5) is 13.2 Å². The molecule has 0 saturated heterocycles. The van der Waals surface area contributed by atoms with Gasteiger partial charge in [-0.25, -0.2) is 13.2 Å². The van der Waals surface area contributed by atoms with Gasteiger partial charge in [-0.1, -0.05) is 15.9 Å². The van der Waals surface area contributed by atoms with Crippen LogP contribution in [0.1, 0.15) is 17.2 Å². The summed E-state index contributed by atoms with van der Waals surface area (Å²) in [4.78, 5) is 0. The normalized spacial score (nSPS) is 12.5. The maximum absolute atomic E-state index is 13.6. The number of hydrogen-bond donors (Lipinski definition) is 1. The van der Waals surface area contributed by atoms with E-state index in [1.807, 2.05) is 0 Å². The fourth-order valence-electron chi connectivity index (χ4n) is 1.79. The van der Waals surface area contributed by atoms with Crippen molar-refractivity contribution < 1.29 is 18.3 Å². The molecule has 1 unspecified atom stereocenters. The van der Waals surface area contributed by atoms with Gasteiger partial charge in [0.05, 0.1) is 6.10 Å². The van der Waals surface area contributed by atoms with E-state index >= 15 is 0 Å². The highest BCUT2D eigenvalue weighted by atomic mass is 79.9. The van der Waals surface area contributed by atoms with Gasteiger partial charge in [0.15, 0.2) is 0 Å². The molecule has 2 aromatic carbocycles. The summed E-state index contributed by atoms with van der Waals surface area (Å²) >= 11 is 3.16. The van der Waals surface area contributed by atoms with Crippen LogP contribution in [-0.2, 0) is 6.42 Å². The minimum Gasteiger partial charge on any atom is -0.388 e. The Bertz CT molecular complexity index is 601. The molecule has 19 heavy (non-hydrogen) atoms. The standard InChI is InChI=1S/C14H10BrF3O/c15-9-1-3-13(18)11(7-9)14(19)6-8-5-10(16)2-4-12(8)17/h1-5,7,14,19H,6H2. The molecule has 5 heteroatoms. The van der Waals surface area contributed by atoms with E-state index in [0.29, 0.717) is 4.47 Å². The van der Waals surface area contributed by atoms with Crippen molar-refractivity contribution >= 4 is 15.9 Å². The van der Waals surface area contributed by atoms with Crippen LogP contribution >= 0.6 is 15.9 Å². The third-order valence-electron chi connectivity index (χ3n) is 2.74. The molecule has 0 amide bonds. The lowest BCUT2D eigenvalue weighted by molar-refractivity contribution is 0.172. The lowest BCUT2D eigenvalue weighted by atomic mass is 10.0. The molecule has 0 saturated carbocycles. The molecule has 100 valence electrons. The molecule has 0 spiro atoms. The second-order valence-electron chi connectivity index (χ2n) is 4.12. The quantitative estimate of drug-likeness (QED) is 0.896. The highest BCUT2D eigenvalue weighted by Crippen LogP contribution is 2.25. The Morgan fingerprint density at radius 1 is 1.00 bits per heavy atom. The number of aliphatic hydroxyl groups excluding tert-OH is 1. The average Bonchev–Trinajstić information content (AvgIpc) is 2.36. The Labute approximate surface area is 116 Å². The summed E-state index contributed by atoms with van der Waals surface area (Å²) in [6.07, 6.45) is -1.44. The predicted octanol–water partition coefficient (Wildman–Crippen LogP) is 4.14. The molecule has 0 aliphatic rings. The fraction of sp³-hybridized carbons (Fsp3) is 0.143. The summed E-state index contributed by atoms with van der Waals surface area (Å²) in [5.41, 5.74) is 0.0462. The molecule has 0 heterocycles. The smallest absolute Gasteiger partial charge is 0.129 e. The fourth-order valence-corrected chi connectivity index (χ4v) is 2.17. The van der Waals surface area contributed by atoms with Crippen LogP contribution < -0.4 is 0 Å². The molecule has 0 aromatic heterocycles. The minimum absolute atomic E-state index is 0.00637. The first-order chi connectivity index (χ1) is 8.97. The largest absolute Gasteiger partial charge is 0.388 e. The number of benzene rings is 2. The van der Waals surface area contributed by atoms with Gasteiger partial charge in [0.2, 0.25) is 0 Å². The predicted molar refractivity (Wildman–Crippen MR) is 69.1 cm³/mol. The van der Waals surface area contributed by atoms with Crippen molar-refractivity contribution in [1.29, 1.82) is 0 Å². The molecule has 0 aliphatic heterocycles. The molecule has 1 atom stereocenters. The molecule has 1 N–H and O–H groups in total. The molecular weight excluding hydrogens is 321 g/mol. The van der Waals surface area contributed by atoms with Gasteiger partial charge in [0.25, 0.3) is 0 Å². The molecule has 2 aromatic rings. The molecule has 2 rings (SSSR count). The van der Waals surface area contributed by atoms with Crippen LogP contribution in [-0.4, -0.2) is 5.11 Å². The van der Waals surface area contributed by atoms with Gasteiger partial charge in [0.1, 0.15) is 17.5 Å². The Kier molecular flexibility index (Phi) is 4.27. The van der Waals surface area contributed by atoms with Crippen molar-refractivity contribution in [3.8, 4) is 0 Å². The topological polar surface area (TPSA) is 20.2 Å². The molecule has 0 radical (unpaired) electrons. The average molecular weight is 331 g/mol. The molecule has 0 fully saturated rings. The van der Waals surface area contributed by atoms with Gasteiger partial charge >= 0.3 is 0 Å². The van der Waals surface area contributed by atoms with E-state index in [4.69, 9.17) is 0 Å². The second-order valence-corrected chi connectivity index (χ2v) is 5.04. The number of aliphatic hydroxyl groups is 1. The van der Waals surface area contributed by atoms with Gasteiger partial charge in [-0.2, -0.15) is 0 Å². The maximum atomic E-state index is 13.6. The lowest BCUT2D eigenvalue weighted by Crippen LogP contribution is -2.06. The Morgan fingerprint density at radius 2 is 1.68 bits per heavy atom. The Balaban J connectivity index is 2.27. The van der Waals surface area contributed by atoms with E-state index in [1.54, 1.807) is 0 Å². The zero-order chi connectivity index (χ0) is 14.0. The van der Waals surface area contributed by atoms with Gasteiger partial charge < -0.3 is 5.11 Å². The van der Waals surface area contributed by atoms with Crippen molar-refractivity contribution in [1.82, 2.24) is 0 Å². The van der Waals surface area contributed by atoms with Gasteiger partial charge in [-0.15, -0.1) is 0 Å². The monoisotopic (exact) mass is 330 g/mol. The summed E-state index contributed by atoms with van der Waals surface area (Å²) in [5, 5.41) is 9.94. The molecule has 1 nitrogen and oxygen atoms in total. The summed E-state index contributed by atoms with van der Waals surface area (Å²) in [7, 11) is 0. The molecule has 0 aliphatic carbocycles. The van der Waals surface area contributed by atoms with Crippen LogP contribution in [0.5, 0.6) is 0 Å². The number of hydrogen-bond acceptors (Lipinski definition) is 1. The van der Waals surface area contributed by atoms with E-state index < -0.39 is 23.6 Å². The minimum atomic E-state index is -1.24. The van der Waals surface area contributed by atoms with Crippen molar-refractivity contribution in [2.75, 3.05) is 0 Å². The highest BCUT2D eigenvalue weighted by Gasteiger charge is 2.16. The van der Waals surface area contributed by atoms with Crippen LogP contribution in [0.3, 0.4) is 0 Å². The SMILES string of the molecule is OC(Cc1cc(F)ccc1F)c1cc(Br)ccc1F. The van der Waals surface area contributed by atoms with E-state index in [9.17, 15) is 18.3 Å². The van der Waals surface area contributed by atoms with Crippen LogP contribution in [0.25, 0.3) is 0 Å². The van der Waals surface area contributed by atoms with E-state index in [2.05, 4.69) is 15.9 Å². The molecule has 0 bridgehead atoms. The van der Waals surface area contributed by atoms with Crippen molar-refractivity contribution in [3.63, 3.8) is 0 Å². The van der Waals surface area contributed by atoms with E-state index in [1.165, 1.54) is 18.2 Å². The molecular formula is C14H10BrF3O. The first-order valence-electron chi connectivity index (χ1n) is 5.54. The first kappa shape index (κ1) is 14.1. The van der Waals surface area contributed by atoms with Gasteiger partial charge in [-0.05, 0) is 42.0 Å². The van der Waals surface area contributed by atoms with Crippen molar-refractivity contribution in [2.24, 2.45) is 0 Å². The summed E-state index contributed by atoms with van der Waals surface area (Å²) in [6.45, 7) is 0. The van der Waals surface area contributed by atoms with Gasteiger partial charge in [-0.3, -0.25) is 0 Å². The second kappa shape index (κ2) is 5.75. The Morgan fingerprint density at radius 3 is 2.42 bits per heavy atom. The third kappa shape index (κ3) is 3.36. The summed E-state index contributed by atoms with van der Waals surface area (Å²) < 4.78 is 40.6.